The van der Waals surface area contributed by atoms with Crippen molar-refractivity contribution in [1.29, 1.82) is 0 Å². The number of piperazine rings is 1. The molecule has 5 rings (SSSR count). The summed E-state index contributed by atoms with van der Waals surface area (Å²) in [5.74, 6) is 1.25. The Kier molecular flexibility index (Phi) is 5.75. The summed E-state index contributed by atoms with van der Waals surface area (Å²) in [6.45, 7) is 2.67. The van der Waals surface area contributed by atoms with Gasteiger partial charge in [-0.2, -0.15) is 0 Å². The normalized spacial score (nSPS) is 13.8. The Bertz CT molecular complexity index is 1360. The first-order valence-electron chi connectivity index (χ1n) is 10.8. The van der Waals surface area contributed by atoms with Crippen LogP contribution in [0.4, 0.5) is 5.69 Å². The molecule has 0 saturated carbocycles. The number of nitrogens with zero attached hydrogens (tertiary/aromatic N) is 2. The predicted molar refractivity (Wildman–Crippen MR) is 131 cm³/mol. The number of ether oxygens (including phenoxy) is 1. The molecule has 2 heterocycles. The summed E-state index contributed by atoms with van der Waals surface area (Å²) in [6.07, 6.45) is 0. The van der Waals surface area contributed by atoms with Gasteiger partial charge in [0.15, 0.2) is 0 Å². The van der Waals surface area contributed by atoms with Crippen molar-refractivity contribution < 1.29 is 9.53 Å². The van der Waals surface area contributed by atoms with Crippen LogP contribution < -0.4 is 15.2 Å². The number of fused-ring (bicyclic) bond motifs is 1. The van der Waals surface area contributed by atoms with Crippen molar-refractivity contribution in [1.82, 2.24) is 9.88 Å². The summed E-state index contributed by atoms with van der Waals surface area (Å²) < 4.78 is 5.87. The molecule has 1 saturated heterocycles. The minimum atomic E-state index is -0.114. The molecule has 0 bridgehead atoms. The molecule has 0 spiro atoms. The first-order valence-corrected chi connectivity index (χ1v) is 11.1. The number of anilines is 1. The van der Waals surface area contributed by atoms with Crippen LogP contribution in [-0.2, 0) is 0 Å². The number of carbonyl (C=O) groups is 1. The minimum absolute atomic E-state index is 0.0148. The highest BCUT2D eigenvalue weighted by Crippen LogP contribution is 2.25. The van der Waals surface area contributed by atoms with Crippen LogP contribution in [0.15, 0.2) is 83.7 Å². The van der Waals surface area contributed by atoms with Gasteiger partial charge in [0, 0.05) is 48.5 Å². The van der Waals surface area contributed by atoms with Gasteiger partial charge < -0.3 is 19.5 Å². The van der Waals surface area contributed by atoms with Gasteiger partial charge in [0.25, 0.3) is 5.91 Å². The Morgan fingerprint density at radius 2 is 1.61 bits per heavy atom. The predicted octanol–water partition coefficient (Wildman–Crippen LogP) is 4.94. The third kappa shape index (κ3) is 4.71. The number of carbonyl (C=O) groups excluding carboxylic acids is 1. The summed E-state index contributed by atoms with van der Waals surface area (Å²) in [7, 11) is 0. The first kappa shape index (κ1) is 21.1. The molecule has 1 aromatic heterocycles. The van der Waals surface area contributed by atoms with E-state index in [9.17, 15) is 9.59 Å². The van der Waals surface area contributed by atoms with E-state index in [0.717, 1.165) is 29.7 Å². The number of benzene rings is 3. The molecule has 0 unspecified atom stereocenters. The lowest BCUT2D eigenvalue weighted by molar-refractivity contribution is 0.0746. The monoisotopic (exact) mass is 459 g/mol. The minimum Gasteiger partial charge on any atom is -0.457 e. The number of amides is 1. The van der Waals surface area contributed by atoms with Gasteiger partial charge in [-0.15, -0.1) is 0 Å². The highest BCUT2D eigenvalue weighted by molar-refractivity contribution is 6.30. The molecular formula is C26H22ClN3O3. The number of nitrogens with one attached hydrogen (secondary N) is 1. The average molecular weight is 460 g/mol. The van der Waals surface area contributed by atoms with Crippen LogP contribution in [0, 0.1) is 0 Å². The highest BCUT2D eigenvalue weighted by atomic mass is 35.5. The largest absolute Gasteiger partial charge is 0.457 e. The molecule has 7 heteroatoms. The number of rotatable bonds is 4. The van der Waals surface area contributed by atoms with E-state index in [0.29, 0.717) is 35.2 Å². The lowest BCUT2D eigenvalue weighted by Crippen LogP contribution is -2.48. The number of hydrogen-bond acceptors (Lipinski definition) is 4. The van der Waals surface area contributed by atoms with E-state index < -0.39 is 0 Å². The maximum atomic E-state index is 13.1. The Labute approximate surface area is 196 Å². The van der Waals surface area contributed by atoms with E-state index in [4.69, 9.17) is 16.3 Å². The van der Waals surface area contributed by atoms with Crippen molar-refractivity contribution >= 4 is 34.1 Å². The Hall–Kier alpha value is -3.77. The molecule has 0 aliphatic carbocycles. The lowest BCUT2D eigenvalue weighted by Gasteiger charge is -2.36. The van der Waals surface area contributed by atoms with Gasteiger partial charge in [0.1, 0.15) is 11.5 Å². The molecule has 4 aromatic rings. The number of hydrogen-bond donors (Lipinski definition) is 1. The summed E-state index contributed by atoms with van der Waals surface area (Å²) in [5, 5.41) is 1.63. The van der Waals surface area contributed by atoms with Gasteiger partial charge in [-0.25, -0.2) is 0 Å². The van der Waals surface area contributed by atoms with Crippen LogP contribution >= 0.6 is 11.6 Å². The lowest BCUT2D eigenvalue weighted by atomic mass is 10.1. The summed E-state index contributed by atoms with van der Waals surface area (Å²) in [4.78, 5) is 31.7. The second kappa shape index (κ2) is 9.00. The quantitative estimate of drug-likeness (QED) is 0.469. The van der Waals surface area contributed by atoms with E-state index >= 15 is 0 Å². The maximum absolute atomic E-state index is 13.1. The van der Waals surface area contributed by atoms with Gasteiger partial charge in [-0.1, -0.05) is 23.7 Å². The zero-order valence-corrected chi connectivity index (χ0v) is 18.6. The molecule has 0 atom stereocenters. The molecular weight excluding hydrogens is 438 g/mol. The molecule has 33 heavy (non-hydrogen) atoms. The number of aromatic amines is 1. The fraction of sp³-hybridized carbons (Fsp3) is 0.154. The van der Waals surface area contributed by atoms with Crippen molar-refractivity contribution in [2.75, 3.05) is 31.1 Å². The van der Waals surface area contributed by atoms with E-state index in [2.05, 4.69) is 16.0 Å². The molecule has 1 N–H and O–H groups in total. The van der Waals surface area contributed by atoms with Crippen LogP contribution in [0.1, 0.15) is 10.4 Å². The molecule has 6 nitrogen and oxygen atoms in total. The van der Waals surface area contributed by atoms with Crippen LogP contribution in [0.2, 0.25) is 5.02 Å². The fourth-order valence-electron chi connectivity index (χ4n) is 4.02. The summed E-state index contributed by atoms with van der Waals surface area (Å²) in [5.41, 5.74) is 2.33. The first-order chi connectivity index (χ1) is 16.0. The summed E-state index contributed by atoms with van der Waals surface area (Å²) >= 11 is 5.93. The number of pyridine rings is 1. The van der Waals surface area contributed by atoms with E-state index in [-0.39, 0.29) is 11.5 Å². The van der Waals surface area contributed by atoms with Gasteiger partial charge in [0.05, 0.1) is 5.52 Å². The Morgan fingerprint density at radius 3 is 2.39 bits per heavy atom. The van der Waals surface area contributed by atoms with Gasteiger partial charge in [0.2, 0.25) is 5.56 Å². The van der Waals surface area contributed by atoms with E-state index in [1.807, 2.05) is 41.3 Å². The molecule has 1 aliphatic heterocycles. The number of H-pyrrole nitrogens is 1. The third-order valence-electron chi connectivity index (χ3n) is 5.77. The molecule has 3 aromatic carbocycles. The van der Waals surface area contributed by atoms with Crippen molar-refractivity contribution in [2.24, 2.45) is 0 Å². The molecule has 1 fully saturated rings. The van der Waals surface area contributed by atoms with E-state index in [1.165, 1.54) is 6.07 Å². The Morgan fingerprint density at radius 1 is 0.848 bits per heavy atom. The average Bonchev–Trinajstić information content (AvgIpc) is 2.85. The SMILES string of the molecule is O=C(c1cccc(Oc2ccc(Cl)cc2)c1)N1CCN(c2ccc3ccc(=O)[nH]c3c2)CC1. The standard InChI is InChI=1S/C26H22ClN3O3/c27-20-6-9-22(10-7-20)33-23-3-1-2-19(16-23)26(32)30-14-12-29(13-15-30)21-8-4-18-5-11-25(31)28-24(18)17-21/h1-11,16-17H,12-15H2,(H,28,31). The Balaban J connectivity index is 1.25. The fourth-order valence-corrected chi connectivity index (χ4v) is 4.14. The zero-order chi connectivity index (χ0) is 22.8. The molecule has 1 aliphatic rings. The maximum Gasteiger partial charge on any atom is 0.254 e. The van der Waals surface area contributed by atoms with Gasteiger partial charge in [-0.05, 0) is 66.0 Å². The van der Waals surface area contributed by atoms with Crippen molar-refractivity contribution in [3.8, 4) is 11.5 Å². The second-order valence-electron chi connectivity index (χ2n) is 7.96. The number of aromatic nitrogens is 1. The molecule has 0 radical (unpaired) electrons. The second-order valence-corrected chi connectivity index (χ2v) is 8.39. The molecule has 1 amide bonds. The molecule has 166 valence electrons. The third-order valence-corrected chi connectivity index (χ3v) is 6.02. The number of halogens is 1. The van der Waals surface area contributed by atoms with Crippen molar-refractivity contribution in [3.63, 3.8) is 0 Å². The van der Waals surface area contributed by atoms with Crippen LogP contribution in [0.3, 0.4) is 0 Å². The van der Waals surface area contributed by atoms with Crippen molar-refractivity contribution in [3.05, 3.63) is 99.8 Å². The van der Waals surface area contributed by atoms with Crippen LogP contribution in [-0.4, -0.2) is 42.0 Å². The van der Waals surface area contributed by atoms with Crippen LogP contribution in [0.5, 0.6) is 11.5 Å². The smallest absolute Gasteiger partial charge is 0.254 e. The van der Waals surface area contributed by atoms with Crippen molar-refractivity contribution in [2.45, 2.75) is 0 Å². The topological polar surface area (TPSA) is 65.6 Å². The zero-order valence-electron chi connectivity index (χ0n) is 17.8. The highest BCUT2D eigenvalue weighted by Gasteiger charge is 2.23. The van der Waals surface area contributed by atoms with Crippen LogP contribution in [0.25, 0.3) is 10.9 Å². The van der Waals surface area contributed by atoms with Gasteiger partial charge >= 0.3 is 0 Å². The summed E-state index contributed by atoms with van der Waals surface area (Å²) in [6, 6.07) is 23.7. The van der Waals surface area contributed by atoms with E-state index in [1.54, 1.807) is 30.3 Å². The van der Waals surface area contributed by atoms with Gasteiger partial charge in [-0.3, -0.25) is 9.59 Å².